The summed E-state index contributed by atoms with van der Waals surface area (Å²) in [5.74, 6) is 1.48. The predicted molar refractivity (Wildman–Crippen MR) is 87.1 cm³/mol. The van der Waals surface area contributed by atoms with Crippen molar-refractivity contribution in [2.24, 2.45) is 11.8 Å². The Morgan fingerprint density at radius 1 is 0.773 bits per heavy atom. The highest BCUT2D eigenvalue weighted by atomic mass is 16.6. The minimum absolute atomic E-state index is 0.543. The number of ether oxygens (including phenoxy) is 4. The summed E-state index contributed by atoms with van der Waals surface area (Å²) in [5.41, 5.74) is 0. The molecule has 130 valence electrons. The highest BCUT2D eigenvalue weighted by Crippen LogP contribution is 2.27. The van der Waals surface area contributed by atoms with Gasteiger partial charge in [0.25, 0.3) is 0 Å². The molecule has 22 heavy (non-hydrogen) atoms. The van der Waals surface area contributed by atoms with E-state index in [1.165, 1.54) is 25.7 Å². The molecule has 2 saturated heterocycles. The largest absolute Gasteiger partial charge is 0.379 e. The zero-order valence-electron chi connectivity index (χ0n) is 14.4. The SMILES string of the molecule is CCC(CCCOCCOCCCC(CC)C1CO1)C1CO1. The molecule has 4 nitrogen and oxygen atoms in total. The quantitative estimate of drug-likeness (QED) is 0.343. The third kappa shape index (κ3) is 7.40. The van der Waals surface area contributed by atoms with E-state index >= 15 is 0 Å². The van der Waals surface area contributed by atoms with Gasteiger partial charge >= 0.3 is 0 Å². The second kappa shape index (κ2) is 10.6. The molecule has 0 bridgehead atoms. The summed E-state index contributed by atoms with van der Waals surface area (Å²) >= 11 is 0. The van der Waals surface area contributed by atoms with Crippen molar-refractivity contribution in [1.29, 1.82) is 0 Å². The lowest BCUT2D eigenvalue weighted by atomic mass is 9.97. The third-order valence-electron chi connectivity index (χ3n) is 4.92. The minimum atomic E-state index is 0.543. The fourth-order valence-electron chi connectivity index (χ4n) is 3.18. The van der Waals surface area contributed by atoms with Crippen LogP contribution in [0, 0.1) is 11.8 Å². The monoisotopic (exact) mass is 314 g/mol. The van der Waals surface area contributed by atoms with Gasteiger partial charge in [-0.25, -0.2) is 0 Å². The molecule has 2 rings (SSSR count). The Kier molecular flexibility index (Phi) is 8.75. The lowest BCUT2D eigenvalue weighted by Crippen LogP contribution is -2.11. The molecule has 4 unspecified atom stereocenters. The fraction of sp³-hybridized carbons (Fsp3) is 1.00. The second-order valence-corrected chi connectivity index (χ2v) is 6.59. The van der Waals surface area contributed by atoms with E-state index in [1.807, 2.05) is 0 Å². The van der Waals surface area contributed by atoms with Crippen LogP contribution in [0.1, 0.15) is 52.4 Å². The van der Waals surface area contributed by atoms with E-state index in [9.17, 15) is 0 Å². The average Bonchev–Trinajstić information content (AvgIpc) is 3.40. The van der Waals surface area contributed by atoms with Crippen LogP contribution in [0.3, 0.4) is 0 Å². The van der Waals surface area contributed by atoms with Crippen LogP contribution in [-0.2, 0) is 18.9 Å². The van der Waals surface area contributed by atoms with Crippen molar-refractivity contribution >= 4 is 0 Å². The molecular weight excluding hydrogens is 280 g/mol. The summed E-state index contributed by atoms with van der Waals surface area (Å²) in [6.45, 7) is 9.59. The molecule has 2 heterocycles. The number of rotatable bonds is 15. The van der Waals surface area contributed by atoms with E-state index < -0.39 is 0 Å². The van der Waals surface area contributed by atoms with Gasteiger partial charge in [0, 0.05) is 13.2 Å². The van der Waals surface area contributed by atoms with E-state index in [0.29, 0.717) is 12.2 Å². The Labute approximate surface area is 135 Å². The standard InChI is InChI=1S/C18H34O4/c1-3-15(17-13-21-17)7-5-9-19-11-12-20-10-6-8-16(4-2)18-14-22-18/h15-18H,3-14H2,1-2H3. The van der Waals surface area contributed by atoms with Gasteiger partial charge in [-0.3, -0.25) is 0 Å². The summed E-state index contributed by atoms with van der Waals surface area (Å²) < 4.78 is 22.0. The minimum Gasteiger partial charge on any atom is -0.379 e. The van der Waals surface area contributed by atoms with Crippen LogP contribution in [-0.4, -0.2) is 51.8 Å². The van der Waals surface area contributed by atoms with Gasteiger partial charge in [-0.1, -0.05) is 26.7 Å². The highest BCUT2D eigenvalue weighted by molar-refractivity contribution is 4.78. The number of hydrogen-bond donors (Lipinski definition) is 0. The summed E-state index contributed by atoms with van der Waals surface area (Å²) in [6.07, 6.45) is 8.25. The van der Waals surface area contributed by atoms with E-state index in [0.717, 1.165) is 64.3 Å². The van der Waals surface area contributed by atoms with Crippen molar-refractivity contribution < 1.29 is 18.9 Å². The average molecular weight is 314 g/mol. The lowest BCUT2D eigenvalue weighted by Gasteiger charge is -2.12. The Morgan fingerprint density at radius 3 is 1.50 bits per heavy atom. The van der Waals surface area contributed by atoms with Crippen LogP contribution < -0.4 is 0 Å². The maximum atomic E-state index is 5.64. The molecule has 0 saturated carbocycles. The van der Waals surface area contributed by atoms with Crippen LogP contribution in [0.15, 0.2) is 0 Å². The topological polar surface area (TPSA) is 43.5 Å². The lowest BCUT2D eigenvalue weighted by molar-refractivity contribution is 0.0423. The summed E-state index contributed by atoms with van der Waals surface area (Å²) in [6, 6.07) is 0. The number of epoxide rings is 2. The van der Waals surface area contributed by atoms with Crippen LogP contribution in [0.2, 0.25) is 0 Å². The first-order valence-corrected chi connectivity index (χ1v) is 9.23. The highest BCUT2D eigenvalue weighted by Gasteiger charge is 2.31. The molecule has 2 aliphatic rings. The van der Waals surface area contributed by atoms with Crippen LogP contribution in [0.4, 0.5) is 0 Å². The molecule has 0 amide bonds. The molecule has 4 atom stereocenters. The van der Waals surface area contributed by atoms with Gasteiger partial charge in [0.2, 0.25) is 0 Å². The summed E-state index contributed by atoms with van der Waals surface area (Å²) in [4.78, 5) is 0. The van der Waals surface area contributed by atoms with Gasteiger partial charge < -0.3 is 18.9 Å². The van der Waals surface area contributed by atoms with E-state index in [-0.39, 0.29) is 0 Å². The van der Waals surface area contributed by atoms with Crippen LogP contribution in [0.25, 0.3) is 0 Å². The molecule has 0 N–H and O–H groups in total. The van der Waals surface area contributed by atoms with Crippen molar-refractivity contribution in [2.75, 3.05) is 39.6 Å². The summed E-state index contributed by atoms with van der Waals surface area (Å²) in [5, 5.41) is 0. The molecule has 4 heteroatoms. The van der Waals surface area contributed by atoms with E-state index in [1.54, 1.807) is 0 Å². The van der Waals surface area contributed by atoms with Crippen LogP contribution >= 0.6 is 0 Å². The Bertz CT molecular complexity index is 248. The predicted octanol–water partition coefficient (Wildman–Crippen LogP) is 3.43. The molecule has 0 aromatic carbocycles. The van der Waals surface area contributed by atoms with Gasteiger partial charge in [-0.2, -0.15) is 0 Å². The smallest absolute Gasteiger partial charge is 0.0837 e. The second-order valence-electron chi connectivity index (χ2n) is 6.59. The maximum absolute atomic E-state index is 5.64. The van der Waals surface area contributed by atoms with E-state index in [2.05, 4.69) is 13.8 Å². The van der Waals surface area contributed by atoms with Gasteiger partial charge in [-0.05, 0) is 37.5 Å². The van der Waals surface area contributed by atoms with Gasteiger partial charge in [-0.15, -0.1) is 0 Å². The molecule has 0 aromatic heterocycles. The fourth-order valence-corrected chi connectivity index (χ4v) is 3.18. The molecule has 2 aliphatic heterocycles. The van der Waals surface area contributed by atoms with Crippen LogP contribution in [0.5, 0.6) is 0 Å². The zero-order valence-corrected chi connectivity index (χ0v) is 14.4. The first kappa shape index (κ1) is 18.2. The Hall–Kier alpha value is -0.160. The maximum Gasteiger partial charge on any atom is 0.0837 e. The van der Waals surface area contributed by atoms with Crippen molar-refractivity contribution in [2.45, 2.75) is 64.6 Å². The zero-order chi connectivity index (χ0) is 15.6. The molecule has 0 radical (unpaired) electrons. The Morgan fingerprint density at radius 2 is 1.18 bits per heavy atom. The first-order chi connectivity index (χ1) is 10.8. The van der Waals surface area contributed by atoms with Crippen molar-refractivity contribution in [3.8, 4) is 0 Å². The normalized spacial score (nSPS) is 25.9. The molecule has 0 aliphatic carbocycles. The molecular formula is C18H34O4. The molecule has 2 fully saturated rings. The molecule has 0 aromatic rings. The summed E-state index contributed by atoms with van der Waals surface area (Å²) in [7, 11) is 0. The third-order valence-corrected chi connectivity index (χ3v) is 4.92. The van der Waals surface area contributed by atoms with Crippen molar-refractivity contribution in [1.82, 2.24) is 0 Å². The molecule has 0 spiro atoms. The van der Waals surface area contributed by atoms with Crippen molar-refractivity contribution in [3.05, 3.63) is 0 Å². The van der Waals surface area contributed by atoms with Gasteiger partial charge in [0.15, 0.2) is 0 Å². The van der Waals surface area contributed by atoms with Gasteiger partial charge in [0.05, 0.1) is 38.6 Å². The van der Waals surface area contributed by atoms with Crippen molar-refractivity contribution in [3.63, 3.8) is 0 Å². The Balaban J connectivity index is 1.31. The number of hydrogen-bond acceptors (Lipinski definition) is 4. The van der Waals surface area contributed by atoms with E-state index in [4.69, 9.17) is 18.9 Å². The van der Waals surface area contributed by atoms with Gasteiger partial charge in [0.1, 0.15) is 0 Å². The first-order valence-electron chi connectivity index (χ1n) is 9.23.